The highest BCUT2D eigenvalue weighted by Crippen LogP contribution is 2.23. The Bertz CT molecular complexity index is 585. The van der Waals surface area contributed by atoms with Crippen molar-refractivity contribution in [3.05, 3.63) is 65.5 Å². The standard InChI is InChI=1S/C18H21FN2/c1-21(13-14-5-4-7-16(19)11-14)17-10-9-15-6-2-3-8-18(15)20-12-17/h2-8,11,17,20H,9-10,12-13H2,1H3. The van der Waals surface area contributed by atoms with Gasteiger partial charge in [-0.3, -0.25) is 4.90 Å². The van der Waals surface area contributed by atoms with Gasteiger partial charge in [0, 0.05) is 24.8 Å². The van der Waals surface area contributed by atoms with Gasteiger partial charge in [0.05, 0.1) is 0 Å². The minimum absolute atomic E-state index is 0.160. The van der Waals surface area contributed by atoms with Crippen LogP contribution >= 0.6 is 0 Å². The summed E-state index contributed by atoms with van der Waals surface area (Å²) in [5, 5.41) is 3.54. The van der Waals surface area contributed by atoms with Crippen LogP contribution in [0.2, 0.25) is 0 Å². The van der Waals surface area contributed by atoms with Gasteiger partial charge in [0.1, 0.15) is 5.82 Å². The Labute approximate surface area is 125 Å². The van der Waals surface area contributed by atoms with Crippen LogP contribution in [-0.4, -0.2) is 24.5 Å². The Morgan fingerprint density at radius 3 is 2.90 bits per heavy atom. The predicted molar refractivity (Wildman–Crippen MR) is 84.9 cm³/mol. The molecule has 1 N–H and O–H groups in total. The highest BCUT2D eigenvalue weighted by atomic mass is 19.1. The van der Waals surface area contributed by atoms with Crippen LogP contribution in [-0.2, 0) is 13.0 Å². The lowest BCUT2D eigenvalue weighted by molar-refractivity contribution is 0.233. The SMILES string of the molecule is CN(Cc1cccc(F)c1)C1CCc2ccccc2NC1. The lowest BCUT2D eigenvalue weighted by Crippen LogP contribution is -2.36. The van der Waals surface area contributed by atoms with Gasteiger partial charge < -0.3 is 5.32 Å². The van der Waals surface area contributed by atoms with E-state index in [-0.39, 0.29) is 5.82 Å². The summed E-state index contributed by atoms with van der Waals surface area (Å²) in [6.45, 7) is 1.71. The highest BCUT2D eigenvalue weighted by molar-refractivity contribution is 5.52. The summed E-state index contributed by atoms with van der Waals surface area (Å²) in [5.74, 6) is -0.160. The zero-order valence-electron chi connectivity index (χ0n) is 12.3. The normalized spacial score (nSPS) is 18.0. The van der Waals surface area contributed by atoms with Crippen LogP contribution in [0.3, 0.4) is 0 Å². The van der Waals surface area contributed by atoms with Crippen LogP contribution in [0.25, 0.3) is 0 Å². The number of rotatable bonds is 3. The summed E-state index contributed by atoms with van der Waals surface area (Å²) < 4.78 is 13.3. The Balaban J connectivity index is 1.65. The van der Waals surface area contributed by atoms with Gasteiger partial charge in [-0.25, -0.2) is 4.39 Å². The second kappa shape index (κ2) is 6.27. The topological polar surface area (TPSA) is 15.3 Å². The first-order valence-corrected chi connectivity index (χ1v) is 7.49. The van der Waals surface area contributed by atoms with Crippen LogP contribution in [0.4, 0.5) is 10.1 Å². The van der Waals surface area contributed by atoms with Crippen molar-refractivity contribution < 1.29 is 4.39 Å². The lowest BCUT2D eigenvalue weighted by atomic mass is 10.0. The molecule has 0 aromatic heterocycles. The molecule has 110 valence electrons. The Hall–Kier alpha value is -1.87. The molecule has 0 bridgehead atoms. The molecule has 3 rings (SSSR count). The van der Waals surface area contributed by atoms with E-state index in [9.17, 15) is 4.39 Å². The van der Waals surface area contributed by atoms with Gasteiger partial charge >= 0.3 is 0 Å². The maximum atomic E-state index is 13.3. The first kappa shape index (κ1) is 14.1. The number of nitrogens with one attached hydrogen (secondary N) is 1. The van der Waals surface area contributed by atoms with Crippen LogP contribution < -0.4 is 5.32 Å². The number of nitrogens with zero attached hydrogens (tertiary/aromatic N) is 1. The molecule has 0 radical (unpaired) electrons. The van der Waals surface area contributed by atoms with Gasteiger partial charge in [0.25, 0.3) is 0 Å². The maximum Gasteiger partial charge on any atom is 0.123 e. The molecular weight excluding hydrogens is 263 g/mol. The van der Waals surface area contributed by atoms with Crippen molar-refractivity contribution in [1.82, 2.24) is 4.90 Å². The zero-order chi connectivity index (χ0) is 14.7. The summed E-state index contributed by atoms with van der Waals surface area (Å²) in [6, 6.07) is 15.8. The summed E-state index contributed by atoms with van der Waals surface area (Å²) in [4.78, 5) is 2.31. The van der Waals surface area contributed by atoms with Gasteiger partial charge in [0.2, 0.25) is 0 Å². The molecule has 1 aliphatic heterocycles. The molecule has 1 atom stereocenters. The molecule has 1 unspecified atom stereocenters. The van der Waals surface area contributed by atoms with Crippen molar-refractivity contribution >= 4 is 5.69 Å². The molecule has 0 fully saturated rings. The Morgan fingerprint density at radius 2 is 2.05 bits per heavy atom. The molecule has 1 aliphatic rings. The molecule has 21 heavy (non-hydrogen) atoms. The minimum atomic E-state index is -0.160. The number of benzene rings is 2. The Morgan fingerprint density at radius 1 is 1.19 bits per heavy atom. The molecule has 3 heteroatoms. The van der Waals surface area contributed by atoms with E-state index in [1.54, 1.807) is 12.1 Å². The van der Waals surface area contributed by atoms with Crippen molar-refractivity contribution in [1.29, 1.82) is 0 Å². The second-order valence-electron chi connectivity index (χ2n) is 5.78. The first-order valence-electron chi connectivity index (χ1n) is 7.49. The minimum Gasteiger partial charge on any atom is -0.383 e. The molecule has 0 saturated heterocycles. The first-order chi connectivity index (χ1) is 10.2. The summed E-state index contributed by atoms with van der Waals surface area (Å²) in [6.07, 6.45) is 2.21. The highest BCUT2D eigenvalue weighted by Gasteiger charge is 2.19. The summed E-state index contributed by atoms with van der Waals surface area (Å²) >= 11 is 0. The lowest BCUT2D eigenvalue weighted by Gasteiger charge is -2.27. The van der Waals surface area contributed by atoms with E-state index in [0.29, 0.717) is 6.04 Å². The number of hydrogen-bond acceptors (Lipinski definition) is 2. The van der Waals surface area contributed by atoms with Crippen LogP contribution in [0.1, 0.15) is 17.5 Å². The van der Waals surface area contributed by atoms with Crippen molar-refractivity contribution in [3.8, 4) is 0 Å². The predicted octanol–water partition coefficient (Wildman–Crippen LogP) is 3.68. The average molecular weight is 284 g/mol. The Kier molecular flexibility index (Phi) is 4.20. The number of hydrogen-bond donors (Lipinski definition) is 1. The number of fused-ring (bicyclic) bond motifs is 1. The number of likely N-dealkylation sites (N-methyl/N-ethyl adjacent to an activating group) is 1. The quantitative estimate of drug-likeness (QED) is 0.925. The van der Waals surface area contributed by atoms with E-state index in [4.69, 9.17) is 0 Å². The van der Waals surface area contributed by atoms with Crippen molar-refractivity contribution in [2.24, 2.45) is 0 Å². The van der Waals surface area contributed by atoms with Gasteiger partial charge in [-0.05, 0) is 49.2 Å². The van der Waals surface area contributed by atoms with Gasteiger partial charge in [-0.1, -0.05) is 30.3 Å². The number of para-hydroxylation sites is 1. The molecule has 1 heterocycles. The van der Waals surface area contributed by atoms with Crippen molar-refractivity contribution in [2.75, 3.05) is 18.9 Å². The number of aryl methyl sites for hydroxylation is 1. The van der Waals surface area contributed by atoms with Gasteiger partial charge in [0.15, 0.2) is 0 Å². The third-order valence-corrected chi connectivity index (χ3v) is 4.24. The van der Waals surface area contributed by atoms with Crippen LogP contribution in [0.15, 0.2) is 48.5 Å². The van der Waals surface area contributed by atoms with Gasteiger partial charge in [-0.15, -0.1) is 0 Å². The van der Waals surface area contributed by atoms with Crippen molar-refractivity contribution in [3.63, 3.8) is 0 Å². The van der Waals surface area contributed by atoms with E-state index in [2.05, 4.69) is 41.5 Å². The fourth-order valence-electron chi connectivity index (χ4n) is 2.99. The molecule has 2 aromatic carbocycles. The molecule has 0 saturated carbocycles. The molecule has 2 nitrogen and oxygen atoms in total. The fourth-order valence-corrected chi connectivity index (χ4v) is 2.99. The number of halogens is 1. The van der Waals surface area contributed by atoms with Crippen LogP contribution in [0, 0.1) is 5.82 Å². The third-order valence-electron chi connectivity index (χ3n) is 4.24. The molecular formula is C18H21FN2. The summed E-state index contributed by atoms with van der Waals surface area (Å²) in [5.41, 5.74) is 3.66. The smallest absolute Gasteiger partial charge is 0.123 e. The van der Waals surface area contributed by atoms with E-state index < -0.39 is 0 Å². The van der Waals surface area contributed by atoms with E-state index in [1.165, 1.54) is 17.3 Å². The van der Waals surface area contributed by atoms with Crippen LogP contribution in [0.5, 0.6) is 0 Å². The van der Waals surface area contributed by atoms with E-state index >= 15 is 0 Å². The number of anilines is 1. The second-order valence-corrected chi connectivity index (χ2v) is 5.78. The average Bonchev–Trinajstić information content (AvgIpc) is 2.70. The molecule has 0 amide bonds. The zero-order valence-corrected chi connectivity index (χ0v) is 12.3. The van der Waals surface area contributed by atoms with E-state index in [0.717, 1.165) is 31.5 Å². The molecule has 2 aromatic rings. The van der Waals surface area contributed by atoms with E-state index in [1.807, 2.05) is 6.07 Å². The largest absolute Gasteiger partial charge is 0.383 e. The van der Waals surface area contributed by atoms with Crippen molar-refractivity contribution in [2.45, 2.75) is 25.4 Å². The monoisotopic (exact) mass is 284 g/mol. The fraction of sp³-hybridized carbons (Fsp3) is 0.333. The van der Waals surface area contributed by atoms with Gasteiger partial charge in [-0.2, -0.15) is 0 Å². The third kappa shape index (κ3) is 3.42. The molecule has 0 aliphatic carbocycles. The summed E-state index contributed by atoms with van der Waals surface area (Å²) in [7, 11) is 2.12. The maximum absolute atomic E-state index is 13.3. The molecule has 0 spiro atoms.